The number of hydrogen-bond donors (Lipinski definition) is 0. The molecule has 0 spiro atoms. The molecule has 0 N–H and O–H groups in total. The van der Waals surface area contributed by atoms with Gasteiger partial charge in [-0.25, -0.2) is 14.6 Å². The van der Waals surface area contributed by atoms with Gasteiger partial charge in [0.05, 0.1) is 16.4 Å². The molecule has 5 nitrogen and oxygen atoms in total. The summed E-state index contributed by atoms with van der Waals surface area (Å²) >= 11 is 16.0. The van der Waals surface area contributed by atoms with Gasteiger partial charge in [0.2, 0.25) is 0 Å². The van der Waals surface area contributed by atoms with Gasteiger partial charge >= 0.3 is 0 Å². The van der Waals surface area contributed by atoms with Crippen LogP contribution in [0.15, 0.2) is 90.1 Å². The van der Waals surface area contributed by atoms with E-state index in [0.29, 0.717) is 16.6 Å². The molecule has 0 unspecified atom stereocenters. The van der Waals surface area contributed by atoms with Crippen LogP contribution in [-0.2, 0) is 6.54 Å². The average Bonchev–Trinajstić information content (AvgIpc) is 3.50. The van der Waals surface area contributed by atoms with Crippen LogP contribution in [0.25, 0.3) is 29.1 Å². The van der Waals surface area contributed by atoms with E-state index in [-0.39, 0.29) is 0 Å². The van der Waals surface area contributed by atoms with Gasteiger partial charge in [0.15, 0.2) is 0 Å². The molecule has 5 aromatic rings. The molecule has 8 heteroatoms. The minimum Gasteiger partial charge on any atom is -0.326 e. The van der Waals surface area contributed by atoms with E-state index in [9.17, 15) is 0 Å². The van der Waals surface area contributed by atoms with Gasteiger partial charge in [0.25, 0.3) is 0 Å². The van der Waals surface area contributed by atoms with Crippen molar-refractivity contribution in [2.45, 2.75) is 6.54 Å². The van der Waals surface area contributed by atoms with Gasteiger partial charge in [-0.1, -0.05) is 69.5 Å². The zero-order valence-corrected chi connectivity index (χ0v) is 20.9. The fourth-order valence-electron chi connectivity index (χ4n) is 3.55. The molecule has 0 atom stereocenters. The van der Waals surface area contributed by atoms with Crippen LogP contribution < -0.4 is 0 Å². The standard InChI is InChI=1S/C26H18BrCl2N5/c27-20-6-1-18(2-7-20)5-12-26-32-25(23-11-8-21(28)13-24(23)29)15-33(26)14-19-3-9-22(10-4-19)34-17-30-16-31-34/h1-13,15-17H,14H2. The van der Waals surface area contributed by atoms with E-state index >= 15 is 0 Å². The summed E-state index contributed by atoms with van der Waals surface area (Å²) in [6, 6.07) is 21.8. The first-order valence-corrected chi connectivity index (χ1v) is 12.0. The van der Waals surface area contributed by atoms with Crippen LogP contribution in [0.3, 0.4) is 0 Å². The van der Waals surface area contributed by atoms with Crippen LogP contribution in [0.2, 0.25) is 10.0 Å². The van der Waals surface area contributed by atoms with Crippen LogP contribution >= 0.6 is 39.1 Å². The molecule has 3 aromatic carbocycles. The Bertz CT molecular complexity index is 1440. The molecule has 2 heterocycles. The minimum absolute atomic E-state index is 0.567. The Morgan fingerprint density at radius 1 is 0.912 bits per heavy atom. The van der Waals surface area contributed by atoms with Crippen molar-refractivity contribution in [1.82, 2.24) is 24.3 Å². The number of hydrogen-bond acceptors (Lipinski definition) is 3. The lowest BCUT2D eigenvalue weighted by Crippen LogP contribution is -2.01. The van der Waals surface area contributed by atoms with Gasteiger partial charge in [-0.15, -0.1) is 0 Å². The maximum Gasteiger partial charge on any atom is 0.138 e. The van der Waals surface area contributed by atoms with Gasteiger partial charge in [0.1, 0.15) is 18.5 Å². The van der Waals surface area contributed by atoms with Crippen LogP contribution in [0, 0.1) is 0 Å². The fraction of sp³-hybridized carbons (Fsp3) is 0.0385. The molecule has 0 fully saturated rings. The highest BCUT2D eigenvalue weighted by atomic mass is 79.9. The third-order valence-corrected chi connectivity index (χ3v) is 6.36. The van der Waals surface area contributed by atoms with Crippen LogP contribution in [-0.4, -0.2) is 24.3 Å². The fourth-order valence-corrected chi connectivity index (χ4v) is 4.32. The van der Waals surface area contributed by atoms with Crippen molar-refractivity contribution < 1.29 is 0 Å². The molecule has 0 amide bonds. The molecule has 5 rings (SSSR count). The number of rotatable bonds is 6. The van der Waals surface area contributed by atoms with E-state index in [4.69, 9.17) is 28.2 Å². The van der Waals surface area contributed by atoms with Crippen molar-refractivity contribution in [3.8, 4) is 16.9 Å². The summed E-state index contributed by atoms with van der Waals surface area (Å²) in [7, 11) is 0. The number of halogens is 3. The maximum atomic E-state index is 6.47. The van der Waals surface area contributed by atoms with E-state index in [1.807, 2.05) is 66.9 Å². The number of aromatic nitrogens is 5. The summed E-state index contributed by atoms with van der Waals surface area (Å²) in [6.07, 6.45) is 9.28. The lowest BCUT2D eigenvalue weighted by atomic mass is 10.1. The first kappa shape index (κ1) is 22.6. The van der Waals surface area contributed by atoms with Gasteiger partial charge in [0, 0.05) is 27.8 Å². The van der Waals surface area contributed by atoms with Gasteiger partial charge in [-0.2, -0.15) is 5.10 Å². The number of nitrogens with zero attached hydrogens (tertiary/aromatic N) is 5. The predicted molar refractivity (Wildman–Crippen MR) is 141 cm³/mol. The SMILES string of the molecule is Clc1ccc(-c2cn(Cc3ccc(-n4cncn4)cc3)c(C=Cc3ccc(Br)cc3)n2)c(Cl)c1. The van der Waals surface area contributed by atoms with E-state index in [1.54, 1.807) is 17.1 Å². The lowest BCUT2D eigenvalue weighted by Gasteiger charge is -2.07. The first-order chi connectivity index (χ1) is 16.5. The highest BCUT2D eigenvalue weighted by Crippen LogP contribution is 2.30. The van der Waals surface area contributed by atoms with Crippen LogP contribution in [0.5, 0.6) is 0 Å². The Balaban J connectivity index is 1.48. The Kier molecular flexibility index (Phi) is 6.63. The lowest BCUT2D eigenvalue weighted by molar-refractivity contribution is 0.786. The largest absolute Gasteiger partial charge is 0.326 e. The van der Waals surface area contributed by atoms with E-state index in [1.165, 1.54) is 6.33 Å². The molecule has 0 bridgehead atoms. The zero-order valence-electron chi connectivity index (χ0n) is 17.8. The molecule has 0 radical (unpaired) electrons. The topological polar surface area (TPSA) is 48.5 Å². The normalized spacial score (nSPS) is 11.4. The molecule has 0 saturated carbocycles. The molecule has 168 valence electrons. The molecular formula is C26H18BrCl2N5. The third kappa shape index (κ3) is 5.14. The first-order valence-electron chi connectivity index (χ1n) is 10.5. The molecule has 0 aliphatic rings. The van der Waals surface area contributed by atoms with E-state index in [0.717, 1.165) is 38.4 Å². The summed E-state index contributed by atoms with van der Waals surface area (Å²) in [4.78, 5) is 8.88. The number of imidazole rings is 1. The van der Waals surface area contributed by atoms with Gasteiger partial charge < -0.3 is 4.57 Å². The Morgan fingerprint density at radius 3 is 2.41 bits per heavy atom. The summed E-state index contributed by atoms with van der Waals surface area (Å²) in [6.45, 7) is 0.649. The van der Waals surface area contributed by atoms with Crippen molar-refractivity contribution in [1.29, 1.82) is 0 Å². The maximum absolute atomic E-state index is 6.47. The van der Waals surface area contributed by atoms with Crippen molar-refractivity contribution in [2.75, 3.05) is 0 Å². The summed E-state index contributed by atoms with van der Waals surface area (Å²) in [5, 5.41) is 5.34. The Hall–Kier alpha value is -3.19. The van der Waals surface area contributed by atoms with Crippen molar-refractivity contribution >= 4 is 51.3 Å². The van der Waals surface area contributed by atoms with E-state index in [2.05, 4.69) is 42.7 Å². The minimum atomic E-state index is 0.567. The zero-order chi connectivity index (χ0) is 23.5. The van der Waals surface area contributed by atoms with Crippen LogP contribution in [0.4, 0.5) is 0 Å². The summed E-state index contributed by atoms with van der Waals surface area (Å²) in [5.74, 6) is 0.823. The molecule has 0 aliphatic carbocycles. The predicted octanol–water partition coefficient (Wildman–Crippen LogP) is 7.42. The highest BCUT2D eigenvalue weighted by molar-refractivity contribution is 9.10. The molecule has 0 aliphatic heterocycles. The molecule has 2 aromatic heterocycles. The van der Waals surface area contributed by atoms with Crippen molar-refractivity contribution in [3.05, 3.63) is 117 Å². The average molecular weight is 551 g/mol. The summed E-state index contributed by atoms with van der Waals surface area (Å²) < 4.78 is 4.88. The quantitative estimate of drug-likeness (QED) is 0.221. The Labute approximate surface area is 215 Å². The second-order valence-electron chi connectivity index (χ2n) is 7.63. The second kappa shape index (κ2) is 9.97. The molecule has 34 heavy (non-hydrogen) atoms. The van der Waals surface area contributed by atoms with E-state index < -0.39 is 0 Å². The highest BCUT2D eigenvalue weighted by Gasteiger charge is 2.12. The van der Waals surface area contributed by atoms with Gasteiger partial charge in [-0.05, 0) is 59.7 Å². The third-order valence-electron chi connectivity index (χ3n) is 5.28. The monoisotopic (exact) mass is 549 g/mol. The Morgan fingerprint density at radius 2 is 1.71 bits per heavy atom. The van der Waals surface area contributed by atoms with Crippen LogP contribution in [0.1, 0.15) is 17.0 Å². The molecular weight excluding hydrogens is 533 g/mol. The van der Waals surface area contributed by atoms with Crippen molar-refractivity contribution in [2.24, 2.45) is 0 Å². The summed E-state index contributed by atoms with van der Waals surface area (Å²) in [5.41, 5.74) is 4.80. The molecule has 0 saturated heterocycles. The second-order valence-corrected chi connectivity index (χ2v) is 9.39. The van der Waals surface area contributed by atoms with Crippen molar-refractivity contribution in [3.63, 3.8) is 0 Å². The smallest absolute Gasteiger partial charge is 0.138 e. The van der Waals surface area contributed by atoms with Gasteiger partial charge in [-0.3, -0.25) is 0 Å². The number of benzene rings is 3.